The summed E-state index contributed by atoms with van der Waals surface area (Å²) in [4.78, 5) is 9.90. The highest BCUT2D eigenvalue weighted by atomic mass is 16.5. The van der Waals surface area contributed by atoms with Crippen LogP contribution < -0.4 is 24.4 Å². The van der Waals surface area contributed by atoms with Gasteiger partial charge in [0.25, 0.3) is 6.33 Å². The highest BCUT2D eigenvalue weighted by molar-refractivity contribution is 6.86. The van der Waals surface area contributed by atoms with E-state index in [1.807, 2.05) is 18.3 Å². The molecule has 11 aromatic rings. The van der Waals surface area contributed by atoms with Crippen LogP contribution in [0.4, 0.5) is 22.9 Å². The molecule has 0 spiro atoms. The van der Waals surface area contributed by atoms with E-state index in [4.69, 9.17) is 9.72 Å². The van der Waals surface area contributed by atoms with Gasteiger partial charge in [0.2, 0.25) is 0 Å². The van der Waals surface area contributed by atoms with Gasteiger partial charge in [-0.25, -0.2) is 4.98 Å². The monoisotopic (exact) mass is 850 g/mol. The van der Waals surface area contributed by atoms with Gasteiger partial charge in [0.15, 0.2) is 0 Å². The van der Waals surface area contributed by atoms with Crippen LogP contribution in [-0.4, -0.2) is 21.1 Å². The van der Waals surface area contributed by atoms with Crippen molar-refractivity contribution in [3.05, 3.63) is 218 Å². The highest BCUT2D eigenvalue weighted by Crippen LogP contribution is 2.51. The molecule has 66 heavy (non-hydrogen) atoms. The van der Waals surface area contributed by atoms with Crippen molar-refractivity contribution in [1.82, 2.24) is 14.1 Å². The Morgan fingerprint density at radius 3 is 1.98 bits per heavy atom. The van der Waals surface area contributed by atoms with Gasteiger partial charge in [-0.3, -0.25) is 9.13 Å². The van der Waals surface area contributed by atoms with Gasteiger partial charge in [0.1, 0.15) is 17.3 Å². The van der Waals surface area contributed by atoms with E-state index in [1.54, 1.807) is 0 Å². The summed E-state index contributed by atoms with van der Waals surface area (Å²) in [5, 5.41) is 2.45. The molecule has 8 aromatic carbocycles. The van der Waals surface area contributed by atoms with Gasteiger partial charge < -0.3 is 18.9 Å². The lowest BCUT2D eigenvalue weighted by molar-refractivity contribution is -0.572. The molecule has 0 unspecified atom stereocenters. The zero-order chi connectivity index (χ0) is 44.1. The van der Waals surface area contributed by atoms with Crippen molar-refractivity contribution in [2.24, 2.45) is 0 Å². The topological polar surface area (TPSA) is 42.3 Å². The first-order valence-electron chi connectivity index (χ1n) is 22.6. The molecule has 0 atom stereocenters. The Kier molecular flexibility index (Phi) is 8.43. The van der Waals surface area contributed by atoms with Crippen molar-refractivity contribution < 1.29 is 9.30 Å². The molecule has 0 saturated heterocycles. The van der Waals surface area contributed by atoms with Crippen LogP contribution in [0.3, 0.4) is 0 Å². The molecule has 0 bridgehead atoms. The summed E-state index contributed by atoms with van der Waals surface area (Å²) in [5.74, 6) is 2.40. The second-order valence-corrected chi connectivity index (χ2v) is 18.2. The van der Waals surface area contributed by atoms with Crippen LogP contribution in [0.15, 0.2) is 206 Å². The SMILES string of the molecule is CC(C)(C)c1cc(Oc2cccc(-n3[c-][n+](-c4ccccc4-n4c5ccccc5c5ccccc54)c4ccccc43)c2)cc(N2B3c4ccccc4-c4ccccc4N3c3cccnc32)c1. The Morgan fingerprint density at radius 1 is 0.530 bits per heavy atom. The number of ether oxygens (including phenoxy) is 1. The number of para-hydroxylation sites is 7. The van der Waals surface area contributed by atoms with Crippen molar-refractivity contribution in [2.45, 2.75) is 26.2 Å². The highest BCUT2D eigenvalue weighted by Gasteiger charge is 2.48. The third kappa shape index (κ3) is 5.84. The average Bonchev–Trinajstić information content (AvgIpc) is 4.03. The standard InChI is InChI=1S/C58H43BN6O/c1-58(2,3)39-34-41(64-57-56(32-17-33-60-57)65-51-27-11-7-21-45(51)44-20-4-8-24-48(44)59(64)65)37-43(35-39)66-42-19-16-18-40(36-42)61-38-62(53-29-13-12-28-52(53)61)54-30-14-15-31-55(54)63-49-25-9-5-22-46(49)47-23-6-10-26-50(47)63/h4-37H,1-3H3. The van der Waals surface area contributed by atoms with Gasteiger partial charge >= 0.3 is 6.98 Å². The Bertz CT molecular complexity index is 3680. The number of aromatic nitrogens is 4. The predicted molar refractivity (Wildman–Crippen MR) is 269 cm³/mol. The summed E-state index contributed by atoms with van der Waals surface area (Å²) in [6, 6.07) is 71.1. The van der Waals surface area contributed by atoms with Crippen LogP contribution in [-0.2, 0) is 5.41 Å². The van der Waals surface area contributed by atoms with Crippen LogP contribution in [0.25, 0.3) is 61.0 Å². The van der Waals surface area contributed by atoms with Crippen molar-refractivity contribution in [2.75, 3.05) is 9.62 Å². The average molecular weight is 851 g/mol. The molecule has 0 fully saturated rings. The van der Waals surface area contributed by atoms with E-state index in [0.29, 0.717) is 0 Å². The smallest absolute Gasteiger partial charge is 0.422 e. The number of hydrogen-bond acceptors (Lipinski definition) is 4. The van der Waals surface area contributed by atoms with Gasteiger partial charge in [0, 0.05) is 40.0 Å². The fourth-order valence-corrected chi connectivity index (χ4v) is 10.3. The van der Waals surface area contributed by atoms with Gasteiger partial charge in [0.05, 0.1) is 44.8 Å². The molecule has 314 valence electrons. The molecule has 7 nitrogen and oxygen atoms in total. The largest absolute Gasteiger partial charge is 0.458 e. The summed E-state index contributed by atoms with van der Waals surface area (Å²) < 4.78 is 13.7. The molecule has 0 N–H and O–H groups in total. The van der Waals surface area contributed by atoms with Crippen LogP contribution in [0, 0.1) is 6.33 Å². The molecule has 0 amide bonds. The minimum Gasteiger partial charge on any atom is -0.458 e. The van der Waals surface area contributed by atoms with Crippen molar-refractivity contribution in [3.8, 4) is 39.7 Å². The molecular weight excluding hydrogens is 807 g/mol. The molecular formula is C58H43BN6O. The molecule has 13 rings (SSSR count). The summed E-state index contributed by atoms with van der Waals surface area (Å²) >= 11 is 0. The molecule has 2 aliphatic rings. The first-order valence-corrected chi connectivity index (χ1v) is 22.6. The summed E-state index contributed by atoms with van der Waals surface area (Å²) in [7, 11) is 0. The van der Waals surface area contributed by atoms with Gasteiger partial charge in [-0.2, -0.15) is 0 Å². The molecule has 2 aliphatic heterocycles. The second-order valence-electron chi connectivity index (χ2n) is 18.2. The second kappa shape index (κ2) is 14.6. The van der Waals surface area contributed by atoms with Crippen LogP contribution in [0.5, 0.6) is 11.5 Å². The lowest BCUT2D eigenvalue weighted by Gasteiger charge is -2.36. The van der Waals surface area contributed by atoms with Crippen molar-refractivity contribution in [3.63, 3.8) is 0 Å². The Balaban J connectivity index is 0.916. The number of nitrogens with zero attached hydrogens (tertiary/aromatic N) is 6. The number of hydrogen-bond donors (Lipinski definition) is 0. The summed E-state index contributed by atoms with van der Waals surface area (Å²) in [6.07, 6.45) is 5.68. The fraction of sp³-hybridized carbons (Fsp3) is 0.0690. The van der Waals surface area contributed by atoms with Crippen LogP contribution in [0.1, 0.15) is 26.3 Å². The van der Waals surface area contributed by atoms with E-state index in [0.717, 1.165) is 67.8 Å². The van der Waals surface area contributed by atoms with Gasteiger partial charge in [-0.1, -0.05) is 142 Å². The van der Waals surface area contributed by atoms with E-state index in [2.05, 4.69) is 238 Å². The molecule has 3 aromatic heterocycles. The van der Waals surface area contributed by atoms with E-state index in [1.165, 1.54) is 38.6 Å². The number of benzene rings is 8. The number of fused-ring (bicyclic) bond motifs is 12. The van der Waals surface area contributed by atoms with Gasteiger partial charge in [-0.15, -0.1) is 0 Å². The lowest BCUT2D eigenvalue weighted by atomic mass is 9.59. The maximum absolute atomic E-state index is 6.98. The third-order valence-corrected chi connectivity index (χ3v) is 13.3. The summed E-state index contributed by atoms with van der Waals surface area (Å²) in [5.41, 5.74) is 15.4. The molecule has 5 heterocycles. The zero-order valence-corrected chi connectivity index (χ0v) is 36.8. The normalized spacial score (nSPS) is 13.0. The van der Waals surface area contributed by atoms with Crippen molar-refractivity contribution >= 4 is 68.2 Å². The Labute approximate surface area is 383 Å². The molecule has 0 saturated carbocycles. The number of pyridine rings is 1. The summed E-state index contributed by atoms with van der Waals surface area (Å²) in [6.45, 7) is 6.63. The fourth-order valence-electron chi connectivity index (χ4n) is 10.3. The quantitative estimate of drug-likeness (QED) is 0.0949. The van der Waals surface area contributed by atoms with Crippen molar-refractivity contribution in [1.29, 1.82) is 0 Å². The van der Waals surface area contributed by atoms with Gasteiger partial charge in [-0.05, 0) is 94.8 Å². The Morgan fingerprint density at radius 2 is 1.18 bits per heavy atom. The Hall–Kier alpha value is -8.36. The number of imidazole rings is 1. The van der Waals surface area contributed by atoms with E-state index in [9.17, 15) is 0 Å². The first kappa shape index (κ1) is 38.1. The minimum atomic E-state index is -0.165. The van der Waals surface area contributed by atoms with E-state index < -0.39 is 0 Å². The van der Waals surface area contributed by atoms with E-state index >= 15 is 0 Å². The third-order valence-electron chi connectivity index (χ3n) is 13.3. The zero-order valence-electron chi connectivity index (χ0n) is 36.8. The van der Waals surface area contributed by atoms with E-state index in [-0.39, 0.29) is 12.4 Å². The molecule has 8 heteroatoms. The lowest BCUT2D eigenvalue weighted by Crippen LogP contribution is -2.55. The van der Waals surface area contributed by atoms with Crippen LogP contribution in [0.2, 0.25) is 0 Å². The minimum absolute atomic E-state index is 0.142. The molecule has 0 aliphatic carbocycles. The maximum atomic E-state index is 6.98. The number of anilines is 4. The van der Waals surface area contributed by atoms with Crippen LogP contribution >= 0.6 is 0 Å². The number of rotatable bonds is 6. The molecule has 0 radical (unpaired) electrons. The first-order chi connectivity index (χ1) is 32.4. The maximum Gasteiger partial charge on any atom is 0.422 e. The predicted octanol–water partition coefficient (Wildman–Crippen LogP) is 13.0.